The predicted octanol–water partition coefficient (Wildman–Crippen LogP) is 1.80. The fourth-order valence-electron chi connectivity index (χ4n) is 1.70. The van der Waals surface area contributed by atoms with Crippen LogP contribution in [0.3, 0.4) is 0 Å². The summed E-state index contributed by atoms with van der Waals surface area (Å²) in [5, 5.41) is 0. The van der Waals surface area contributed by atoms with Gasteiger partial charge in [-0.1, -0.05) is 0 Å². The molecule has 3 nitrogen and oxygen atoms in total. The van der Waals surface area contributed by atoms with Crippen molar-refractivity contribution in [1.29, 1.82) is 0 Å². The lowest BCUT2D eigenvalue weighted by Gasteiger charge is -2.31. The first-order valence-electron chi connectivity index (χ1n) is 5.57. The van der Waals surface area contributed by atoms with E-state index in [1.807, 2.05) is 20.8 Å². The first kappa shape index (κ1) is 13.0. The maximum Gasteiger partial charge on any atom is 0.136 e. The molecule has 1 rings (SSSR count). The monoisotopic (exact) mass is 231 g/mol. The van der Waals surface area contributed by atoms with Gasteiger partial charge in [-0.05, 0) is 46.5 Å². The minimum absolute atomic E-state index is 0.207. The summed E-state index contributed by atoms with van der Waals surface area (Å²) in [7, 11) is 0. The van der Waals surface area contributed by atoms with Gasteiger partial charge in [0.15, 0.2) is 0 Å². The Morgan fingerprint density at radius 3 is 2.20 bits per heavy atom. The van der Waals surface area contributed by atoms with E-state index >= 15 is 0 Å². The standard InChI is InChI=1S/C11H21NO2S/c1-11(2,3)15(14)12-10-6-4-9(8-13)5-7-10/h8-10,12H,4-7H2,1-3H3/t9-,10+,15?. The molecule has 0 aromatic carbocycles. The Hall–Kier alpha value is -0.0600. The lowest BCUT2D eigenvalue weighted by molar-refractivity contribution is -0.111. The van der Waals surface area contributed by atoms with E-state index in [2.05, 4.69) is 4.72 Å². The molecule has 0 amide bonds. The average molecular weight is 231 g/mol. The van der Waals surface area contributed by atoms with Crippen LogP contribution in [-0.4, -0.2) is 21.6 Å². The summed E-state index contributed by atoms with van der Waals surface area (Å²) >= 11 is -0.986. The highest BCUT2D eigenvalue weighted by atomic mass is 32.2. The second kappa shape index (κ2) is 5.32. The molecule has 1 fully saturated rings. The third kappa shape index (κ3) is 4.13. The van der Waals surface area contributed by atoms with Gasteiger partial charge < -0.3 is 9.35 Å². The molecule has 1 atom stereocenters. The molecule has 0 saturated heterocycles. The fraction of sp³-hybridized carbons (Fsp3) is 0.909. The molecular weight excluding hydrogens is 210 g/mol. The average Bonchev–Trinajstić information content (AvgIpc) is 2.17. The van der Waals surface area contributed by atoms with E-state index in [0.29, 0.717) is 6.04 Å². The number of hydrogen-bond acceptors (Lipinski definition) is 3. The summed E-state index contributed by atoms with van der Waals surface area (Å²) in [6.45, 7) is 5.90. The zero-order valence-corrected chi connectivity index (χ0v) is 10.6. The normalized spacial score (nSPS) is 29.9. The molecule has 1 aliphatic carbocycles. The molecule has 0 aromatic heterocycles. The molecule has 0 heterocycles. The molecule has 0 aliphatic heterocycles. The van der Waals surface area contributed by atoms with Crippen LogP contribution in [0.1, 0.15) is 46.5 Å². The first-order valence-corrected chi connectivity index (χ1v) is 6.72. The zero-order chi connectivity index (χ0) is 11.5. The van der Waals surface area contributed by atoms with Crippen LogP contribution in [0.15, 0.2) is 0 Å². The van der Waals surface area contributed by atoms with Crippen molar-refractivity contribution < 1.29 is 9.35 Å². The number of carbonyl (C=O) groups excluding carboxylic acids is 1. The summed E-state index contributed by atoms with van der Waals surface area (Å²) in [6, 6.07) is 0.321. The van der Waals surface area contributed by atoms with Crippen molar-refractivity contribution in [3.8, 4) is 0 Å². The largest absolute Gasteiger partial charge is 0.598 e. The quantitative estimate of drug-likeness (QED) is 0.595. The van der Waals surface area contributed by atoms with Gasteiger partial charge in [-0.2, -0.15) is 0 Å². The molecule has 1 aliphatic rings. The van der Waals surface area contributed by atoms with E-state index in [0.717, 1.165) is 32.0 Å². The minimum Gasteiger partial charge on any atom is -0.598 e. The minimum atomic E-state index is -0.986. The molecule has 88 valence electrons. The van der Waals surface area contributed by atoms with Crippen LogP contribution < -0.4 is 4.72 Å². The van der Waals surface area contributed by atoms with E-state index in [1.54, 1.807) is 0 Å². The number of nitrogens with one attached hydrogen (secondary N) is 1. The maximum atomic E-state index is 11.8. The van der Waals surface area contributed by atoms with Crippen LogP contribution in [0.2, 0.25) is 0 Å². The summed E-state index contributed by atoms with van der Waals surface area (Å²) in [5.74, 6) is 0.228. The molecule has 0 aromatic rings. The van der Waals surface area contributed by atoms with Crippen molar-refractivity contribution in [1.82, 2.24) is 4.72 Å². The molecule has 0 spiro atoms. The van der Waals surface area contributed by atoms with Gasteiger partial charge in [0.2, 0.25) is 0 Å². The molecule has 1 unspecified atom stereocenters. The highest BCUT2D eigenvalue weighted by Crippen LogP contribution is 2.24. The van der Waals surface area contributed by atoms with Crippen LogP contribution in [-0.2, 0) is 16.2 Å². The van der Waals surface area contributed by atoms with E-state index in [-0.39, 0.29) is 10.7 Å². The van der Waals surface area contributed by atoms with Gasteiger partial charge in [0.05, 0.1) is 6.04 Å². The van der Waals surface area contributed by atoms with Crippen molar-refractivity contribution in [3.05, 3.63) is 0 Å². The molecule has 1 saturated carbocycles. The lowest BCUT2D eigenvalue weighted by Crippen LogP contribution is -2.45. The molecule has 0 radical (unpaired) electrons. The van der Waals surface area contributed by atoms with E-state index in [1.165, 1.54) is 0 Å². The second-order valence-electron chi connectivity index (χ2n) is 5.25. The Bertz CT molecular complexity index is 207. The van der Waals surface area contributed by atoms with E-state index in [9.17, 15) is 9.35 Å². The fourth-order valence-corrected chi connectivity index (χ4v) is 2.59. The number of aldehydes is 1. The van der Waals surface area contributed by atoms with Gasteiger partial charge in [0.25, 0.3) is 0 Å². The Morgan fingerprint density at radius 2 is 1.80 bits per heavy atom. The maximum absolute atomic E-state index is 11.8. The smallest absolute Gasteiger partial charge is 0.136 e. The topological polar surface area (TPSA) is 52.2 Å². The predicted molar refractivity (Wildman–Crippen MR) is 62.8 cm³/mol. The van der Waals surface area contributed by atoms with Crippen LogP contribution in [0.4, 0.5) is 0 Å². The lowest BCUT2D eigenvalue weighted by atomic mass is 9.87. The van der Waals surface area contributed by atoms with Gasteiger partial charge in [-0.3, -0.25) is 0 Å². The Labute approximate surface area is 95.3 Å². The van der Waals surface area contributed by atoms with Crippen molar-refractivity contribution in [3.63, 3.8) is 0 Å². The van der Waals surface area contributed by atoms with Gasteiger partial charge >= 0.3 is 0 Å². The molecule has 1 N–H and O–H groups in total. The summed E-state index contributed by atoms with van der Waals surface area (Å²) in [6.07, 6.45) is 4.85. The van der Waals surface area contributed by atoms with Crippen LogP contribution in [0.5, 0.6) is 0 Å². The summed E-state index contributed by atoms with van der Waals surface area (Å²) in [5.41, 5.74) is 0. The highest BCUT2D eigenvalue weighted by Gasteiger charge is 2.31. The van der Waals surface area contributed by atoms with Gasteiger partial charge in [-0.25, -0.2) is 0 Å². The van der Waals surface area contributed by atoms with Gasteiger partial charge in [0, 0.05) is 17.3 Å². The Kier molecular flexibility index (Phi) is 4.62. The van der Waals surface area contributed by atoms with Crippen molar-refractivity contribution in [2.24, 2.45) is 5.92 Å². The number of carbonyl (C=O) groups is 1. The van der Waals surface area contributed by atoms with Gasteiger partial charge in [-0.15, -0.1) is 4.72 Å². The highest BCUT2D eigenvalue weighted by molar-refractivity contribution is 7.90. The summed E-state index contributed by atoms with van der Waals surface area (Å²) < 4.78 is 14.8. The van der Waals surface area contributed by atoms with Crippen molar-refractivity contribution >= 4 is 17.6 Å². The van der Waals surface area contributed by atoms with Crippen molar-refractivity contribution in [2.45, 2.75) is 57.2 Å². The third-order valence-electron chi connectivity index (χ3n) is 2.79. The molecular formula is C11H21NO2S. The Balaban J connectivity index is 2.32. The third-order valence-corrected chi connectivity index (χ3v) is 4.45. The molecule has 4 heteroatoms. The Morgan fingerprint density at radius 1 is 1.27 bits per heavy atom. The molecule has 15 heavy (non-hydrogen) atoms. The van der Waals surface area contributed by atoms with Crippen LogP contribution in [0.25, 0.3) is 0 Å². The second-order valence-corrected chi connectivity index (χ2v) is 7.24. The number of hydrogen-bond donors (Lipinski definition) is 1. The zero-order valence-electron chi connectivity index (χ0n) is 9.79. The van der Waals surface area contributed by atoms with Crippen LogP contribution in [0, 0.1) is 5.92 Å². The number of rotatable bonds is 3. The van der Waals surface area contributed by atoms with E-state index in [4.69, 9.17) is 0 Å². The molecule has 0 bridgehead atoms. The SMILES string of the molecule is CC(C)(C)[S+]([O-])N[C@H]1CC[C@@H](C=O)CC1. The van der Waals surface area contributed by atoms with E-state index < -0.39 is 11.4 Å². The first-order chi connectivity index (χ1) is 6.93. The van der Waals surface area contributed by atoms with Crippen molar-refractivity contribution in [2.75, 3.05) is 0 Å². The summed E-state index contributed by atoms with van der Waals surface area (Å²) in [4.78, 5) is 10.6. The van der Waals surface area contributed by atoms with Gasteiger partial charge in [0.1, 0.15) is 11.0 Å². The van der Waals surface area contributed by atoms with Crippen LogP contribution >= 0.6 is 0 Å².